The van der Waals surface area contributed by atoms with E-state index in [9.17, 15) is 4.79 Å². The standard InChI is InChI=1S/C13H18O2/c1-8(2)13(14)11-6-7-12(15-5)10(4)9(11)3/h6-8H,1-5H3. The Kier molecular flexibility index (Phi) is 3.51. The maximum Gasteiger partial charge on any atom is 0.165 e. The molecule has 0 saturated carbocycles. The van der Waals surface area contributed by atoms with Crippen molar-refractivity contribution in [2.24, 2.45) is 5.92 Å². The molecule has 15 heavy (non-hydrogen) atoms. The summed E-state index contributed by atoms with van der Waals surface area (Å²) < 4.78 is 5.21. The van der Waals surface area contributed by atoms with Crippen LogP contribution in [-0.4, -0.2) is 12.9 Å². The fraction of sp³-hybridized carbons (Fsp3) is 0.462. The number of carbonyl (C=O) groups excluding carboxylic acids is 1. The molecular weight excluding hydrogens is 188 g/mol. The van der Waals surface area contributed by atoms with Crippen LogP contribution in [0.15, 0.2) is 12.1 Å². The smallest absolute Gasteiger partial charge is 0.165 e. The van der Waals surface area contributed by atoms with Crippen molar-refractivity contribution >= 4 is 5.78 Å². The van der Waals surface area contributed by atoms with E-state index >= 15 is 0 Å². The van der Waals surface area contributed by atoms with E-state index in [1.165, 1.54) is 0 Å². The third-order valence-corrected chi connectivity index (χ3v) is 2.75. The molecule has 0 heterocycles. The molecule has 0 saturated heterocycles. The Labute approximate surface area is 91.3 Å². The number of ketones is 1. The van der Waals surface area contributed by atoms with E-state index in [4.69, 9.17) is 4.74 Å². The van der Waals surface area contributed by atoms with Crippen LogP contribution in [0.2, 0.25) is 0 Å². The molecule has 0 bridgehead atoms. The molecule has 0 fully saturated rings. The first-order valence-corrected chi connectivity index (χ1v) is 5.17. The minimum atomic E-state index is 0.0384. The van der Waals surface area contributed by atoms with E-state index < -0.39 is 0 Å². The van der Waals surface area contributed by atoms with E-state index in [1.54, 1.807) is 7.11 Å². The third-order valence-electron chi connectivity index (χ3n) is 2.75. The van der Waals surface area contributed by atoms with Gasteiger partial charge in [0.05, 0.1) is 7.11 Å². The van der Waals surface area contributed by atoms with Gasteiger partial charge in [-0.2, -0.15) is 0 Å². The number of carbonyl (C=O) groups is 1. The van der Waals surface area contributed by atoms with E-state index in [-0.39, 0.29) is 11.7 Å². The average Bonchev–Trinajstić information content (AvgIpc) is 2.21. The van der Waals surface area contributed by atoms with Crippen LogP contribution >= 0.6 is 0 Å². The molecule has 0 N–H and O–H groups in total. The molecule has 1 rings (SSSR count). The number of rotatable bonds is 3. The summed E-state index contributed by atoms with van der Waals surface area (Å²) in [6.45, 7) is 7.78. The average molecular weight is 206 g/mol. The second kappa shape index (κ2) is 4.47. The summed E-state index contributed by atoms with van der Waals surface area (Å²) in [5, 5.41) is 0. The molecule has 0 aromatic heterocycles. The number of methoxy groups -OCH3 is 1. The molecule has 1 aromatic carbocycles. The second-order valence-corrected chi connectivity index (χ2v) is 4.08. The van der Waals surface area contributed by atoms with Gasteiger partial charge in [-0.05, 0) is 37.1 Å². The highest BCUT2D eigenvalue weighted by molar-refractivity contribution is 5.99. The van der Waals surface area contributed by atoms with Crippen molar-refractivity contribution in [3.8, 4) is 5.75 Å². The Hall–Kier alpha value is -1.31. The fourth-order valence-corrected chi connectivity index (χ4v) is 1.59. The van der Waals surface area contributed by atoms with Gasteiger partial charge in [-0.25, -0.2) is 0 Å². The monoisotopic (exact) mass is 206 g/mol. The molecule has 0 spiro atoms. The third kappa shape index (κ3) is 2.20. The largest absolute Gasteiger partial charge is 0.496 e. The minimum absolute atomic E-state index is 0.0384. The molecule has 2 nitrogen and oxygen atoms in total. The van der Waals surface area contributed by atoms with Gasteiger partial charge in [0.25, 0.3) is 0 Å². The van der Waals surface area contributed by atoms with Crippen LogP contribution in [0.3, 0.4) is 0 Å². The molecule has 2 heteroatoms. The Balaban J connectivity index is 3.23. The molecule has 0 atom stereocenters. The summed E-state index contributed by atoms with van der Waals surface area (Å²) in [6.07, 6.45) is 0. The zero-order valence-corrected chi connectivity index (χ0v) is 10.0. The maximum atomic E-state index is 11.9. The molecule has 0 aliphatic carbocycles. The quantitative estimate of drug-likeness (QED) is 0.710. The van der Waals surface area contributed by atoms with Crippen molar-refractivity contribution < 1.29 is 9.53 Å². The molecule has 82 valence electrons. The lowest BCUT2D eigenvalue weighted by Gasteiger charge is -2.13. The topological polar surface area (TPSA) is 26.3 Å². The molecule has 0 radical (unpaired) electrons. The van der Waals surface area contributed by atoms with Crippen molar-refractivity contribution in [1.82, 2.24) is 0 Å². The number of hydrogen-bond acceptors (Lipinski definition) is 2. The van der Waals surface area contributed by atoms with Crippen LogP contribution in [0.4, 0.5) is 0 Å². The van der Waals surface area contributed by atoms with Crippen LogP contribution in [0.1, 0.15) is 35.3 Å². The zero-order chi connectivity index (χ0) is 11.6. The highest BCUT2D eigenvalue weighted by Gasteiger charge is 2.15. The van der Waals surface area contributed by atoms with Gasteiger partial charge in [0.2, 0.25) is 0 Å². The Bertz CT molecular complexity index is 378. The van der Waals surface area contributed by atoms with E-state index in [1.807, 2.05) is 39.8 Å². The van der Waals surface area contributed by atoms with Gasteiger partial charge in [-0.15, -0.1) is 0 Å². The van der Waals surface area contributed by atoms with Crippen LogP contribution in [0.5, 0.6) is 5.75 Å². The summed E-state index contributed by atoms with van der Waals surface area (Å²) in [5.74, 6) is 1.07. The molecule has 1 aromatic rings. The molecule has 0 unspecified atom stereocenters. The van der Waals surface area contributed by atoms with Gasteiger partial charge in [0, 0.05) is 11.5 Å². The predicted molar refractivity (Wildman–Crippen MR) is 61.6 cm³/mol. The van der Waals surface area contributed by atoms with Crippen LogP contribution in [0, 0.1) is 19.8 Å². The van der Waals surface area contributed by atoms with Crippen molar-refractivity contribution in [1.29, 1.82) is 0 Å². The van der Waals surface area contributed by atoms with E-state index in [2.05, 4.69) is 0 Å². The Morgan fingerprint density at radius 2 is 1.80 bits per heavy atom. The van der Waals surface area contributed by atoms with Crippen LogP contribution < -0.4 is 4.74 Å². The number of ether oxygens (including phenoxy) is 1. The number of benzene rings is 1. The van der Waals surface area contributed by atoms with Crippen molar-refractivity contribution in [3.05, 3.63) is 28.8 Å². The predicted octanol–water partition coefficient (Wildman–Crippen LogP) is 3.15. The van der Waals surface area contributed by atoms with Gasteiger partial charge in [-0.3, -0.25) is 4.79 Å². The number of Topliss-reactive ketones (excluding diaryl/α,β-unsaturated/α-hetero) is 1. The fourth-order valence-electron chi connectivity index (χ4n) is 1.59. The SMILES string of the molecule is COc1ccc(C(=O)C(C)C)c(C)c1C. The maximum absolute atomic E-state index is 11.9. The highest BCUT2D eigenvalue weighted by Crippen LogP contribution is 2.25. The first-order chi connectivity index (χ1) is 6.99. The Morgan fingerprint density at radius 3 is 2.27 bits per heavy atom. The van der Waals surface area contributed by atoms with Crippen LogP contribution in [-0.2, 0) is 0 Å². The minimum Gasteiger partial charge on any atom is -0.496 e. The molecule has 0 amide bonds. The molecule has 0 aliphatic rings. The molecular formula is C13H18O2. The summed E-state index contributed by atoms with van der Waals surface area (Å²) in [5.41, 5.74) is 2.88. The summed E-state index contributed by atoms with van der Waals surface area (Å²) >= 11 is 0. The van der Waals surface area contributed by atoms with Gasteiger partial charge in [-0.1, -0.05) is 13.8 Å². The van der Waals surface area contributed by atoms with E-state index in [0.29, 0.717) is 0 Å². The van der Waals surface area contributed by atoms with Gasteiger partial charge >= 0.3 is 0 Å². The second-order valence-electron chi connectivity index (χ2n) is 4.08. The zero-order valence-electron chi connectivity index (χ0n) is 10.0. The number of hydrogen-bond donors (Lipinski definition) is 0. The first kappa shape index (κ1) is 11.8. The van der Waals surface area contributed by atoms with Crippen molar-refractivity contribution in [2.45, 2.75) is 27.7 Å². The lowest BCUT2D eigenvalue weighted by atomic mass is 9.94. The first-order valence-electron chi connectivity index (χ1n) is 5.17. The van der Waals surface area contributed by atoms with Gasteiger partial charge in [0.1, 0.15) is 5.75 Å². The van der Waals surface area contributed by atoms with Gasteiger partial charge < -0.3 is 4.74 Å². The molecule has 0 aliphatic heterocycles. The normalized spacial score (nSPS) is 10.5. The lowest BCUT2D eigenvalue weighted by molar-refractivity contribution is 0.0938. The Morgan fingerprint density at radius 1 is 1.20 bits per heavy atom. The summed E-state index contributed by atoms with van der Waals surface area (Å²) in [6, 6.07) is 3.71. The summed E-state index contributed by atoms with van der Waals surface area (Å²) in [7, 11) is 1.64. The van der Waals surface area contributed by atoms with Crippen molar-refractivity contribution in [3.63, 3.8) is 0 Å². The summed E-state index contributed by atoms with van der Waals surface area (Å²) in [4.78, 5) is 11.9. The van der Waals surface area contributed by atoms with Crippen molar-refractivity contribution in [2.75, 3.05) is 7.11 Å². The lowest BCUT2D eigenvalue weighted by Crippen LogP contribution is -2.10. The van der Waals surface area contributed by atoms with Gasteiger partial charge in [0.15, 0.2) is 5.78 Å². The van der Waals surface area contributed by atoms with Crippen LogP contribution in [0.25, 0.3) is 0 Å². The van der Waals surface area contributed by atoms with E-state index in [0.717, 1.165) is 22.4 Å². The highest BCUT2D eigenvalue weighted by atomic mass is 16.5.